The van der Waals surface area contributed by atoms with Gasteiger partial charge in [-0.3, -0.25) is 0 Å². The predicted octanol–water partition coefficient (Wildman–Crippen LogP) is 5.51. The third-order valence-electron chi connectivity index (χ3n) is 4.74. The van der Waals surface area contributed by atoms with Gasteiger partial charge in [0.15, 0.2) is 0 Å². The molecular formula is C22H30N2S. The molecule has 134 valence electrons. The fourth-order valence-corrected chi connectivity index (χ4v) is 4.76. The monoisotopic (exact) mass is 354 g/mol. The molecule has 0 bridgehead atoms. The Hall–Kier alpha value is -1.45. The molecule has 2 atom stereocenters. The first kappa shape index (κ1) is 18.3. The highest BCUT2D eigenvalue weighted by Gasteiger charge is 2.30. The zero-order chi connectivity index (χ0) is 17.9. The highest BCUT2D eigenvalue weighted by molar-refractivity contribution is 8.00. The van der Waals surface area contributed by atoms with E-state index in [9.17, 15) is 0 Å². The lowest BCUT2D eigenvalue weighted by Crippen LogP contribution is -2.47. The average molecular weight is 355 g/mol. The molecule has 1 N–H and O–H groups in total. The number of likely N-dealkylation sites (N-methyl/N-ethyl adjacent to an activating group) is 1. The average Bonchev–Trinajstić information content (AvgIpc) is 2.61. The van der Waals surface area contributed by atoms with Gasteiger partial charge in [-0.1, -0.05) is 63.2 Å². The van der Waals surface area contributed by atoms with Crippen molar-refractivity contribution in [2.75, 3.05) is 18.5 Å². The molecule has 0 aliphatic carbocycles. The summed E-state index contributed by atoms with van der Waals surface area (Å²) in [7, 11) is 2.26. The van der Waals surface area contributed by atoms with Crippen molar-refractivity contribution < 1.29 is 0 Å². The van der Waals surface area contributed by atoms with Crippen molar-refractivity contribution in [1.82, 2.24) is 5.32 Å². The Balaban J connectivity index is 1.90. The van der Waals surface area contributed by atoms with Crippen LogP contribution in [0.1, 0.15) is 45.2 Å². The minimum absolute atomic E-state index is 0.209. The van der Waals surface area contributed by atoms with Gasteiger partial charge < -0.3 is 10.2 Å². The van der Waals surface area contributed by atoms with E-state index in [1.165, 1.54) is 29.0 Å². The van der Waals surface area contributed by atoms with Gasteiger partial charge in [0, 0.05) is 22.7 Å². The number of hydrogen-bond donors (Lipinski definition) is 1. The smallest absolute Gasteiger partial charge is 0.0527 e. The number of nitrogens with zero attached hydrogens (tertiary/aromatic N) is 1. The van der Waals surface area contributed by atoms with E-state index < -0.39 is 0 Å². The molecule has 0 spiro atoms. The van der Waals surface area contributed by atoms with E-state index in [4.69, 9.17) is 0 Å². The molecule has 2 aromatic carbocycles. The maximum Gasteiger partial charge on any atom is 0.0527 e. The number of nitrogens with one attached hydrogen (secondary N) is 1. The van der Waals surface area contributed by atoms with Crippen LogP contribution in [0, 0.1) is 0 Å². The summed E-state index contributed by atoms with van der Waals surface area (Å²) in [5.74, 6) is 0. The SMILES string of the molecule is CN(c1ccccc1SC(C)(C)C)[C@@H]1CCCN[C@@H]1c1ccccc1. The summed E-state index contributed by atoms with van der Waals surface area (Å²) in [6.07, 6.45) is 2.45. The van der Waals surface area contributed by atoms with E-state index in [-0.39, 0.29) is 4.75 Å². The van der Waals surface area contributed by atoms with Gasteiger partial charge in [0.25, 0.3) is 0 Å². The Kier molecular flexibility index (Phi) is 5.75. The van der Waals surface area contributed by atoms with Crippen LogP contribution in [0.5, 0.6) is 0 Å². The Labute approximate surface area is 157 Å². The van der Waals surface area contributed by atoms with Crippen LogP contribution in [0.25, 0.3) is 0 Å². The molecule has 1 fully saturated rings. The van der Waals surface area contributed by atoms with E-state index in [0.717, 1.165) is 6.54 Å². The van der Waals surface area contributed by atoms with Crippen molar-refractivity contribution in [3.63, 3.8) is 0 Å². The fourth-order valence-electron chi connectivity index (χ4n) is 3.63. The summed E-state index contributed by atoms with van der Waals surface area (Å²) < 4.78 is 0.209. The van der Waals surface area contributed by atoms with Crippen LogP contribution in [0.2, 0.25) is 0 Å². The molecule has 3 heteroatoms. The van der Waals surface area contributed by atoms with Crippen molar-refractivity contribution in [2.45, 2.75) is 55.3 Å². The number of piperidine rings is 1. The molecule has 1 heterocycles. The lowest BCUT2D eigenvalue weighted by Gasteiger charge is -2.41. The largest absolute Gasteiger partial charge is 0.369 e. The maximum absolute atomic E-state index is 3.76. The molecule has 0 saturated carbocycles. The van der Waals surface area contributed by atoms with Gasteiger partial charge in [-0.15, -0.1) is 11.8 Å². The lowest BCUT2D eigenvalue weighted by molar-refractivity contribution is 0.348. The normalized spacial score (nSPS) is 21.1. The highest BCUT2D eigenvalue weighted by atomic mass is 32.2. The zero-order valence-corrected chi connectivity index (χ0v) is 16.6. The fraction of sp³-hybridized carbons (Fsp3) is 0.455. The second-order valence-corrected chi connectivity index (χ2v) is 9.71. The van der Waals surface area contributed by atoms with E-state index in [1.54, 1.807) is 0 Å². The third kappa shape index (κ3) is 4.59. The van der Waals surface area contributed by atoms with Gasteiger partial charge in [-0.25, -0.2) is 0 Å². The topological polar surface area (TPSA) is 15.3 Å². The Morgan fingerprint density at radius 3 is 2.40 bits per heavy atom. The van der Waals surface area contributed by atoms with E-state index >= 15 is 0 Å². The molecule has 1 aliphatic heterocycles. The molecule has 2 aromatic rings. The molecular weight excluding hydrogens is 324 g/mol. The van der Waals surface area contributed by atoms with Gasteiger partial charge in [-0.2, -0.15) is 0 Å². The van der Waals surface area contributed by atoms with Gasteiger partial charge in [0.2, 0.25) is 0 Å². The summed E-state index contributed by atoms with van der Waals surface area (Å²) in [5.41, 5.74) is 2.73. The predicted molar refractivity (Wildman–Crippen MR) is 111 cm³/mol. The second kappa shape index (κ2) is 7.84. The van der Waals surface area contributed by atoms with Crippen LogP contribution in [-0.2, 0) is 0 Å². The molecule has 2 nitrogen and oxygen atoms in total. The molecule has 3 rings (SSSR count). The van der Waals surface area contributed by atoms with Crippen molar-refractivity contribution in [3.05, 3.63) is 60.2 Å². The Bertz CT molecular complexity index is 678. The highest BCUT2D eigenvalue weighted by Crippen LogP contribution is 2.40. The summed E-state index contributed by atoms with van der Waals surface area (Å²) in [5, 5.41) is 3.76. The molecule has 0 aromatic heterocycles. The molecule has 25 heavy (non-hydrogen) atoms. The van der Waals surface area contributed by atoms with Crippen LogP contribution in [0.3, 0.4) is 0 Å². The van der Waals surface area contributed by atoms with E-state index in [1.807, 2.05) is 11.8 Å². The first-order valence-corrected chi connectivity index (χ1v) is 10.1. The van der Waals surface area contributed by atoms with Crippen molar-refractivity contribution in [1.29, 1.82) is 0 Å². The van der Waals surface area contributed by atoms with Crippen molar-refractivity contribution in [2.24, 2.45) is 0 Å². The van der Waals surface area contributed by atoms with E-state index in [2.05, 4.69) is 92.6 Å². The van der Waals surface area contributed by atoms with Gasteiger partial charge in [0.1, 0.15) is 0 Å². The first-order valence-electron chi connectivity index (χ1n) is 9.25. The number of thioether (sulfide) groups is 1. The summed E-state index contributed by atoms with van der Waals surface area (Å²) in [6.45, 7) is 7.94. The number of benzene rings is 2. The van der Waals surface area contributed by atoms with Crippen LogP contribution in [0.15, 0.2) is 59.5 Å². The standard InChI is InChI=1S/C22H30N2S/c1-22(2,3)25-20-15-9-8-13-18(20)24(4)19-14-10-16-23-21(19)17-11-6-5-7-12-17/h5-9,11-13,15,19,21,23H,10,14,16H2,1-4H3/t19-,21-/m1/s1. The number of anilines is 1. The van der Waals surface area contributed by atoms with Crippen molar-refractivity contribution in [3.8, 4) is 0 Å². The minimum atomic E-state index is 0.209. The third-order valence-corrected chi connectivity index (χ3v) is 5.92. The molecule has 1 saturated heterocycles. The van der Waals surface area contributed by atoms with Crippen LogP contribution >= 0.6 is 11.8 Å². The number of rotatable bonds is 4. The van der Waals surface area contributed by atoms with Crippen LogP contribution in [-0.4, -0.2) is 24.4 Å². The zero-order valence-electron chi connectivity index (χ0n) is 15.8. The summed E-state index contributed by atoms with van der Waals surface area (Å²) in [6, 6.07) is 20.6. The van der Waals surface area contributed by atoms with Crippen molar-refractivity contribution >= 4 is 17.4 Å². The first-order chi connectivity index (χ1) is 12.0. The van der Waals surface area contributed by atoms with Gasteiger partial charge >= 0.3 is 0 Å². The number of para-hydroxylation sites is 1. The second-order valence-electron chi connectivity index (χ2n) is 7.85. The quantitative estimate of drug-likeness (QED) is 0.729. The Morgan fingerprint density at radius 2 is 1.68 bits per heavy atom. The molecule has 1 aliphatic rings. The summed E-state index contributed by atoms with van der Waals surface area (Å²) in [4.78, 5) is 3.87. The van der Waals surface area contributed by atoms with Crippen LogP contribution < -0.4 is 10.2 Å². The number of hydrogen-bond acceptors (Lipinski definition) is 3. The van der Waals surface area contributed by atoms with Gasteiger partial charge in [0.05, 0.1) is 11.7 Å². The van der Waals surface area contributed by atoms with Gasteiger partial charge in [-0.05, 0) is 37.1 Å². The molecule has 0 amide bonds. The van der Waals surface area contributed by atoms with Crippen LogP contribution in [0.4, 0.5) is 5.69 Å². The minimum Gasteiger partial charge on any atom is -0.369 e. The molecule has 0 unspecified atom stereocenters. The Morgan fingerprint density at radius 1 is 1.00 bits per heavy atom. The maximum atomic E-state index is 3.76. The van der Waals surface area contributed by atoms with E-state index in [0.29, 0.717) is 12.1 Å². The molecule has 0 radical (unpaired) electrons. The summed E-state index contributed by atoms with van der Waals surface area (Å²) >= 11 is 1.95. The lowest BCUT2D eigenvalue weighted by atomic mass is 9.91.